The third-order valence-corrected chi connectivity index (χ3v) is 2.75. The lowest BCUT2D eigenvalue weighted by molar-refractivity contribution is 0.0618. The lowest BCUT2D eigenvalue weighted by Gasteiger charge is -2.17. The number of rotatable bonds is 3. The molecule has 0 saturated heterocycles. The molecule has 1 aromatic heterocycles. The Morgan fingerprint density at radius 2 is 2.00 bits per heavy atom. The zero-order valence-corrected chi connectivity index (χ0v) is 10.5. The number of hydrogen-bond acceptors (Lipinski definition) is 4. The van der Waals surface area contributed by atoms with E-state index in [2.05, 4.69) is 9.97 Å². The molecule has 5 heteroatoms. The number of ether oxygens (including phenoxy) is 3. The second-order valence-corrected chi connectivity index (χ2v) is 4.56. The van der Waals surface area contributed by atoms with Gasteiger partial charge in [0.25, 0.3) is 0 Å². The summed E-state index contributed by atoms with van der Waals surface area (Å²) in [6.07, 6.45) is 0.193. The summed E-state index contributed by atoms with van der Waals surface area (Å²) in [6, 6.07) is 3.83. The zero-order chi connectivity index (χ0) is 12.5. The highest BCUT2D eigenvalue weighted by molar-refractivity contribution is 5.79. The van der Waals surface area contributed by atoms with Crippen molar-refractivity contribution in [3.8, 4) is 11.5 Å². The molecule has 1 aromatic carbocycles. The van der Waals surface area contributed by atoms with Gasteiger partial charge in [-0.1, -0.05) is 0 Å². The number of imidazole rings is 1. The van der Waals surface area contributed by atoms with Crippen LogP contribution in [0.2, 0.25) is 0 Å². The second kappa shape index (κ2) is 4.49. The predicted octanol–water partition coefficient (Wildman–Crippen LogP) is 2.26. The van der Waals surface area contributed by atoms with Crippen LogP contribution in [-0.2, 0) is 11.3 Å². The van der Waals surface area contributed by atoms with Gasteiger partial charge < -0.3 is 19.2 Å². The predicted molar refractivity (Wildman–Crippen MR) is 67.0 cm³/mol. The molecule has 5 nitrogen and oxygen atoms in total. The van der Waals surface area contributed by atoms with E-state index in [9.17, 15) is 0 Å². The summed E-state index contributed by atoms with van der Waals surface area (Å²) in [5, 5.41) is 0. The Labute approximate surface area is 105 Å². The molecule has 0 atom stereocenters. The standard InChI is InChI=1S/C13H16N2O3/c1-8(2)18-7-13-14-9-5-11-12(6-10(9)15-13)17-4-3-16-11/h5-6,8H,3-4,7H2,1-2H3,(H,14,15). The number of aromatic nitrogens is 2. The van der Waals surface area contributed by atoms with E-state index in [1.807, 2.05) is 26.0 Å². The molecule has 0 unspecified atom stereocenters. The third kappa shape index (κ3) is 2.13. The molecule has 1 aliphatic rings. The maximum absolute atomic E-state index is 5.53. The van der Waals surface area contributed by atoms with Crippen molar-refractivity contribution in [1.29, 1.82) is 0 Å². The number of hydrogen-bond donors (Lipinski definition) is 1. The first-order chi connectivity index (χ1) is 8.72. The first-order valence-corrected chi connectivity index (χ1v) is 6.12. The zero-order valence-electron chi connectivity index (χ0n) is 10.5. The molecule has 0 fully saturated rings. The van der Waals surface area contributed by atoms with Gasteiger partial charge in [0.05, 0.1) is 17.1 Å². The van der Waals surface area contributed by atoms with Gasteiger partial charge in [0.15, 0.2) is 11.5 Å². The van der Waals surface area contributed by atoms with Crippen molar-refractivity contribution in [2.24, 2.45) is 0 Å². The van der Waals surface area contributed by atoms with Crippen LogP contribution in [0.5, 0.6) is 11.5 Å². The van der Waals surface area contributed by atoms with Crippen molar-refractivity contribution < 1.29 is 14.2 Å². The van der Waals surface area contributed by atoms with Crippen molar-refractivity contribution >= 4 is 11.0 Å². The number of nitrogens with one attached hydrogen (secondary N) is 1. The van der Waals surface area contributed by atoms with E-state index in [1.54, 1.807) is 0 Å². The van der Waals surface area contributed by atoms with E-state index in [1.165, 1.54) is 0 Å². The Hall–Kier alpha value is -1.75. The summed E-state index contributed by atoms with van der Waals surface area (Å²) in [6.45, 7) is 5.67. The van der Waals surface area contributed by atoms with Crippen molar-refractivity contribution in [3.63, 3.8) is 0 Å². The van der Waals surface area contributed by atoms with Gasteiger partial charge in [-0.3, -0.25) is 0 Å². The van der Waals surface area contributed by atoms with Crippen LogP contribution in [0.3, 0.4) is 0 Å². The SMILES string of the molecule is CC(C)OCc1nc2cc3c(cc2[nH]1)OCCO3. The van der Waals surface area contributed by atoms with Gasteiger partial charge in [0.2, 0.25) is 0 Å². The lowest BCUT2D eigenvalue weighted by Crippen LogP contribution is -2.15. The molecule has 18 heavy (non-hydrogen) atoms. The Morgan fingerprint density at radius 3 is 2.72 bits per heavy atom. The van der Waals surface area contributed by atoms with Crippen molar-refractivity contribution in [2.45, 2.75) is 26.6 Å². The first kappa shape index (κ1) is 11.3. The van der Waals surface area contributed by atoms with Gasteiger partial charge in [-0.05, 0) is 13.8 Å². The largest absolute Gasteiger partial charge is 0.486 e. The van der Waals surface area contributed by atoms with Gasteiger partial charge >= 0.3 is 0 Å². The van der Waals surface area contributed by atoms with E-state index >= 15 is 0 Å². The molecule has 1 aliphatic heterocycles. The van der Waals surface area contributed by atoms with E-state index < -0.39 is 0 Å². The molecule has 96 valence electrons. The number of H-pyrrole nitrogens is 1. The van der Waals surface area contributed by atoms with Crippen molar-refractivity contribution in [2.75, 3.05) is 13.2 Å². The average molecular weight is 248 g/mol. The second-order valence-electron chi connectivity index (χ2n) is 4.56. The molecule has 0 spiro atoms. The number of fused-ring (bicyclic) bond motifs is 2. The normalized spacial score (nSPS) is 14.4. The molecule has 0 bridgehead atoms. The molecule has 0 amide bonds. The highest BCUT2D eigenvalue weighted by atomic mass is 16.6. The molecular formula is C13H16N2O3. The van der Waals surface area contributed by atoms with Crippen LogP contribution >= 0.6 is 0 Å². The van der Waals surface area contributed by atoms with Crippen LogP contribution in [0.25, 0.3) is 11.0 Å². The van der Waals surface area contributed by atoms with E-state index in [-0.39, 0.29) is 6.10 Å². The Kier molecular flexibility index (Phi) is 2.83. The molecule has 3 rings (SSSR count). The smallest absolute Gasteiger partial charge is 0.163 e. The fourth-order valence-electron chi connectivity index (χ4n) is 1.91. The topological polar surface area (TPSA) is 56.4 Å². The fourth-order valence-corrected chi connectivity index (χ4v) is 1.91. The van der Waals surface area contributed by atoms with Gasteiger partial charge in [-0.25, -0.2) is 4.98 Å². The van der Waals surface area contributed by atoms with Gasteiger partial charge in [-0.2, -0.15) is 0 Å². The Bertz CT molecular complexity index is 520. The van der Waals surface area contributed by atoms with Crippen molar-refractivity contribution in [3.05, 3.63) is 18.0 Å². The van der Waals surface area contributed by atoms with Crippen LogP contribution in [0.15, 0.2) is 12.1 Å². The number of aromatic amines is 1. The molecular weight excluding hydrogens is 232 g/mol. The van der Waals surface area contributed by atoms with Crippen molar-refractivity contribution in [1.82, 2.24) is 9.97 Å². The molecule has 0 radical (unpaired) electrons. The van der Waals surface area contributed by atoms with Gasteiger partial charge in [0, 0.05) is 12.1 Å². The highest BCUT2D eigenvalue weighted by Gasteiger charge is 2.14. The summed E-state index contributed by atoms with van der Waals surface area (Å²) >= 11 is 0. The third-order valence-electron chi connectivity index (χ3n) is 2.75. The summed E-state index contributed by atoms with van der Waals surface area (Å²) in [4.78, 5) is 7.71. The van der Waals surface area contributed by atoms with E-state index in [0.717, 1.165) is 28.4 Å². The first-order valence-electron chi connectivity index (χ1n) is 6.12. The maximum Gasteiger partial charge on any atom is 0.163 e. The van der Waals surface area contributed by atoms with Gasteiger partial charge in [-0.15, -0.1) is 0 Å². The monoisotopic (exact) mass is 248 g/mol. The summed E-state index contributed by atoms with van der Waals surface area (Å²) in [5.74, 6) is 2.35. The summed E-state index contributed by atoms with van der Waals surface area (Å²) < 4.78 is 16.6. The van der Waals surface area contributed by atoms with Crippen LogP contribution in [0.1, 0.15) is 19.7 Å². The Balaban J connectivity index is 1.91. The molecule has 1 N–H and O–H groups in total. The number of nitrogens with zero attached hydrogens (tertiary/aromatic N) is 1. The van der Waals surface area contributed by atoms with Crippen LogP contribution in [0, 0.1) is 0 Å². The molecule has 2 aromatic rings. The van der Waals surface area contributed by atoms with Crippen LogP contribution in [-0.4, -0.2) is 29.3 Å². The summed E-state index contributed by atoms with van der Waals surface area (Å²) in [7, 11) is 0. The van der Waals surface area contributed by atoms with E-state index in [4.69, 9.17) is 14.2 Å². The molecule has 0 aliphatic carbocycles. The minimum absolute atomic E-state index is 0.193. The number of benzene rings is 1. The molecule has 2 heterocycles. The summed E-state index contributed by atoms with van der Waals surface area (Å²) in [5.41, 5.74) is 1.82. The highest BCUT2D eigenvalue weighted by Crippen LogP contribution is 2.33. The minimum atomic E-state index is 0.193. The van der Waals surface area contributed by atoms with Crippen LogP contribution in [0.4, 0.5) is 0 Å². The van der Waals surface area contributed by atoms with Crippen LogP contribution < -0.4 is 9.47 Å². The Morgan fingerprint density at radius 1 is 1.28 bits per heavy atom. The molecule has 0 saturated carbocycles. The maximum atomic E-state index is 5.53. The van der Waals surface area contributed by atoms with Gasteiger partial charge in [0.1, 0.15) is 25.6 Å². The quantitative estimate of drug-likeness (QED) is 0.905. The fraction of sp³-hybridized carbons (Fsp3) is 0.462. The van der Waals surface area contributed by atoms with E-state index in [0.29, 0.717) is 19.8 Å². The lowest BCUT2D eigenvalue weighted by atomic mass is 10.2. The average Bonchev–Trinajstić information content (AvgIpc) is 2.75. The minimum Gasteiger partial charge on any atom is -0.486 e.